The number of rotatable bonds is 6. The van der Waals surface area contributed by atoms with Gasteiger partial charge < -0.3 is 14.7 Å². The summed E-state index contributed by atoms with van der Waals surface area (Å²) in [5.41, 5.74) is 0.649. The maximum Gasteiger partial charge on any atom is 0.254 e. The third-order valence-electron chi connectivity index (χ3n) is 5.55. The maximum atomic E-state index is 12.9. The lowest BCUT2D eigenvalue weighted by Crippen LogP contribution is -2.49. The van der Waals surface area contributed by atoms with Crippen molar-refractivity contribution in [1.29, 1.82) is 0 Å². The second kappa shape index (κ2) is 8.40. The largest absolute Gasteiger partial charge is 0.497 e. The fourth-order valence-electron chi connectivity index (χ4n) is 3.87. The van der Waals surface area contributed by atoms with E-state index in [0.29, 0.717) is 27.9 Å². The van der Waals surface area contributed by atoms with Crippen molar-refractivity contribution in [2.24, 2.45) is 0 Å². The van der Waals surface area contributed by atoms with E-state index in [9.17, 15) is 24.4 Å². The number of hydrogen-bond donors (Lipinski definition) is 1. The van der Waals surface area contributed by atoms with E-state index >= 15 is 0 Å². The molecule has 2 atom stereocenters. The van der Waals surface area contributed by atoms with Crippen LogP contribution < -0.4 is 19.3 Å². The van der Waals surface area contributed by atoms with Crippen LogP contribution in [0.4, 0.5) is 11.4 Å². The van der Waals surface area contributed by atoms with E-state index in [1.54, 1.807) is 48.5 Å². The van der Waals surface area contributed by atoms with Gasteiger partial charge in [0.2, 0.25) is 11.8 Å². The molecule has 2 aromatic rings. The Kier molecular flexibility index (Phi) is 5.64. The first kappa shape index (κ1) is 21.5. The first-order valence-electron chi connectivity index (χ1n) is 9.84. The van der Waals surface area contributed by atoms with Crippen LogP contribution in [0, 0.1) is 0 Å². The molecule has 4 rings (SSSR count). The second-order valence-corrected chi connectivity index (χ2v) is 7.35. The molecule has 32 heavy (non-hydrogen) atoms. The van der Waals surface area contributed by atoms with Gasteiger partial charge >= 0.3 is 0 Å². The SMILES string of the molecule is COc1ccc(N2C(=O)C[C@@H](N(O)[C@@H]3CC(=O)N(c4ccc(OC)cc4)C3=O)C2=O)cc1. The normalized spacial score (nSPS) is 21.1. The molecule has 10 nitrogen and oxygen atoms in total. The number of nitrogens with zero attached hydrogens (tertiary/aromatic N) is 3. The Balaban J connectivity index is 1.53. The van der Waals surface area contributed by atoms with Gasteiger partial charge in [-0.25, -0.2) is 9.80 Å². The molecule has 2 aliphatic rings. The lowest BCUT2D eigenvalue weighted by atomic mass is 10.1. The van der Waals surface area contributed by atoms with Crippen LogP contribution in [-0.4, -0.2) is 60.2 Å². The summed E-state index contributed by atoms with van der Waals surface area (Å²) in [5.74, 6) is -1.28. The lowest BCUT2D eigenvalue weighted by Gasteiger charge is -2.25. The minimum atomic E-state index is -1.28. The zero-order chi connectivity index (χ0) is 23.0. The number of carbonyl (C=O) groups is 4. The minimum Gasteiger partial charge on any atom is -0.497 e. The van der Waals surface area contributed by atoms with Crippen LogP contribution in [0.1, 0.15) is 12.8 Å². The van der Waals surface area contributed by atoms with Gasteiger partial charge in [0.1, 0.15) is 23.6 Å². The van der Waals surface area contributed by atoms with Crippen molar-refractivity contribution in [2.75, 3.05) is 24.0 Å². The van der Waals surface area contributed by atoms with Crippen LogP contribution in [0.5, 0.6) is 11.5 Å². The van der Waals surface area contributed by atoms with Crippen molar-refractivity contribution in [2.45, 2.75) is 24.9 Å². The van der Waals surface area contributed by atoms with E-state index in [1.807, 2.05) is 0 Å². The van der Waals surface area contributed by atoms with E-state index in [1.165, 1.54) is 14.2 Å². The number of methoxy groups -OCH3 is 2. The predicted molar refractivity (Wildman–Crippen MR) is 111 cm³/mol. The van der Waals surface area contributed by atoms with Gasteiger partial charge in [-0.1, -0.05) is 0 Å². The molecule has 2 aromatic carbocycles. The molecule has 0 spiro atoms. The Hall–Kier alpha value is -3.76. The standard InChI is InChI=1S/C22H21N3O7/c1-31-15-7-3-13(4-8-15)23-19(26)11-17(21(23)28)25(30)18-12-20(27)24(22(18)29)14-5-9-16(32-2)10-6-14/h3-10,17-18,30H,11-12H2,1-2H3/t17-,18-/m1/s1. The summed E-state index contributed by atoms with van der Waals surface area (Å²) >= 11 is 0. The van der Waals surface area contributed by atoms with Crippen molar-refractivity contribution in [3.05, 3.63) is 48.5 Å². The number of hydrogen-bond acceptors (Lipinski definition) is 8. The third-order valence-corrected chi connectivity index (χ3v) is 5.55. The summed E-state index contributed by atoms with van der Waals surface area (Å²) in [6, 6.07) is 10.1. The van der Waals surface area contributed by atoms with Crippen molar-refractivity contribution >= 4 is 35.0 Å². The smallest absolute Gasteiger partial charge is 0.254 e. The minimum absolute atomic E-state index is 0.318. The summed E-state index contributed by atoms with van der Waals surface area (Å²) in [6.45, 7) is 0. The van der Waals surface area contributed by atoms with Crippen LogP contribution in [0.2, 0.25) is 0 Å². The van der Waals surface area contributed by atoms with Crippen LogP contribution in [-0.2, 0) is 19.2 Å². The van der Waals surface area contributed by atoms with Gasteiger partial charge in [-0.3, -0.25) is 19.2 Å². The van der Waals surface area contributed by atoms with Crippen LogP contribution in [0.3, 0.4) is 0 Å². The number of amides is 4. The molecule has 2 aliphatic heterocycles. The molecule has 1 N–H and O–H groups in total. The predicted octanol–water partition coefficient (Wildman–Crippen LogP) is 1.36. The molecule has 166 valence electrons. The molecule has 10 heteroatoms. The Labute approximate surface area is 183 Å². The average Bonchev–Trinajstić information content (AvgIpc) is 3.27. The first-order valence-corrected chi connectivity index (χ1v) is 9.84. The van der Waals surface area contributed by atoms with E-state index in [4.69, 9.17) is 9.47 Å². The Bertz CT molecular complexity index is 982. The van der Waals surface area contributed by atoms with E-state index in [0.717, 1.165) is 9.80 Å². The van der Waals surface area contributed by atoms with Gasteiger partial charge in [0.25, 0.3) is 11.8 Å². The van der Waals surface area contributed by atoms with Gasteiger partial charge in [-0.2, -0.15) is 5.06 Å². The summed E-state index contributed by atoms with van der Waals surface area (Å²) in [4.78, 5) is 52.8. The summed E-state index contributed by atoms with van der Waals surface area (Å²) in [6.07, 6.45) is -0.635. The van der Waals surface area contributed by atoms with Gasteiger partial charge in [0, 0.05) is 0 Å². The van der Waals surface area contributed by atoms with Crippen molar-refractivity contribution in [3.63, 3.8) is 0 Å². The van der Waals surface area contributed by atoms with Gasteiger partial charge in [0.15, 0.2) is 0 Å². The van der Waals surface area contributed by atoms with E-state index < -0.39 is 35.7 Å². The summed E-state index contributed by atoms with van der Waals surface area (Å²) in [7, 11) is 2.99. The van der Waals surface area contributed by atoms with Gasteiger partial charge in [-0.15, -0.1) is 0 Å². The quantitative estimate of drug-likeness (QED) is 0.530. The highest BCUT2D eigenvalue weighted by molar-refractivity contribution is 6.24. The number of ether oxygens (including phenoxy) is 2. The molecular weight excluding hydrogens is 418 g/mol. The second-order valence-electron chi connectivity index (χ2n) is 7.35. The zero-order valence-corrected chi connectivity index (χ0v) is 17.4. The fourth-order valence-corrected chi connectivity index (χ4v) is 3.87. The molecule has 0 unspecified atom stereocenters. The van der Waals surface area contributed by atoms with Crippen LogP contribution >= 0.6 is 0 Å². The molecule has 0 aliphatic carbocycles. The molecule has 2 fully saturated rings. The molecule has 0 bridgehead atoms. The number of carbonyl (C=O) groups excluding carboxylic acids is 4. The summed E-state index contributed by atoms with van der Waals surface area (Å²) in [5, 5.41) is 11.2. The Morgan fingerprint density at radius 1 is 0.719 bits per heavy atom. The van der Waals surface area contributed by atoms with Crippen molar-refractivity contribution in [3.8, 4) is 11.5 Å². The molecule has 2 saturated heterocycles. The molecule has 2 heterocycles. The van der Waals surface area contributed by atoms with Crippen LogP contribution in [0.15, 0.2) is 48.5 Å². The van der Waals surface area contributed by atoms with Crippen molar-refractivity contribution in [1.82, 2.24) is 5.06 Å². The zero-order valence-electron chi connectivity index (χ0n) is 17.4. The van der Waals surface area contributed by atoms with Crippen molar-refractivity contribution < 1.29 is 33.9 Å². The molecule has 0 aromatic heterocycles. The van der Waals surface area contributed by atoms with E-state index in [-0.39, 0.29) is 12.8 Å². The number of imide groups is 2. The third kappa shape index (κ3) is 3.59. The lowest BCUT2D eigenvalue weighted by molar-refractivity contribution is -0.172. The average molecular weight is 439 g/mol. The highest BCUT2D eigenvalue weighted by Gasteiger charge is 2.50. The van der Waals surface area contributed by atoms with Crippen LogP contribution in [0.25, 0.3) is 0 Å². The molecule has 0 saturated carbocycles. The summed E-state index contributed by atoms with van der Waals surface area (Å²) < 4.78 is 10.2. The number of benzene rings is 2. The number of anilines is 2. The fraction of sp³-hybridized carbons (Fsp3) is 0.273. The topological polar surface area (TPSA) is 117 Å². The number of hydroxylamine groups is 2. The monoisotopic (exact) mass is 439 g/mol. The maximum absolute atomic E-state index is 12.9. The van der Waals surface area contributed by atoms with Gasteiger partial charge in [-0.05, 0) is 48.5 Å². The molecule has 4 amide bonds. The highest BCUT2D eigenvalue weighted by atomic mass is 16.5. The Morgan fingerprint density at radius 3 is 1.38 bits per heavy atom. The Morgan fingerprint density at radius 2 is 1.06 bits per heavy atom. The highest BCUT2D eigenvalue weighted by Crippen LogP contribution is 2.31. The molecule has 0 radical (unpaired) electrons. The van der Waals surface area contributed by atoms with E-state index in [2.05, 4.69) is 0 Å². The van der Waals surface area contributed by atoms with Gasteiger partial charge in [0.05, 0.1) is 38.4 Å². The molecular formula is C22H21N3O7. The first-order chi connectivity index (χ1) is 15.3.